The Hall–Kier alpha value is -2.27. The van der Waals surface area contributed by atoms with Crippen molar-refractivity contribution < 1.29 is 22.7 Å². The summed E-state index contributed by atoms with van der Waals surface area (Å²) in [7, 11) is -0.861. The van der Waals surface area contributed by atoms with E-state index in [1.54, 1.807) is 12.1 Å². The van der Waals surface area contributed by atoms with E-state index in [4.69, 9.17) is 14.7 Å². The van der Waals surface area contributed by atoms with E-state index >= 15 is 0 Å². The zero-order chi connectivity index (χ0) is 16.0. The van der Waals surface area contributed by atoms with E-state index < -0.39 is 26.7 Å². The van der Waals surface area contributed by atoms with Crippen LogP contribution in [0.5, 0.6) is 11.5 Å². The molecule has 1 aromatic rings. The molecular weight excluding hydrogens is 296 g/mol. The van der Waals surface area contributed by atoms with E-state index in [9.17, 15) is 13.2 Å². The summed E-state index contributed by atoms with van der Waals surface area (Å²) in [5.74, 6) is -0.519. The van der Waals surface area contributed by atoms with Gasteiger partial charge in [0, 0.05) is 11.8 Å². The van der Waals surface area contributed by atoms with Crippen molar-refractivity contribution in [1.29, 1.82) is 5.26 Å². The number of sulfone groups is 1. The fourth-order valence-electron chi connectivity index (χ4n) is 1.54. The molecular formula is C13H16N2O5S. The minimum absolute atomic E-state index is 0.372. The lowest BCUT2D eigenvalue weighted by atomic mass is 10.2. The van der Waals surface area contributed by atoms with Gasteiger partial charge in [-0.05, 0) is 19.1 Å². The highest BCUT2D eigenvalue weighted by molar-refractivity contribution is 7.92. The number of nitriles is 1. The van der Waals surface area contributed by atoms with Crippen LogP contribution in [0.25, 0.3) is 0 Å². The van der Waals surface area contributed by atoms with Crippen LogP contribution in [0.15, 0.2) is 18.2 Å². The average Bonchev–Trinajstić information content (AvgIpc) is 2.46. The van der Waals surface area contributed by atoms with Crippen LogP contribution in [0.4, 0.5) is 5.69 Å². The first-order valence-electron chi connectivity index (χ1n) is 5.97. The first-order chi connectivity index (χ1) is 9.85. The van der Waals surface area contributed by atoms with Crippen LogP contribution in [-0.2, 0) is 14.6 Å². The average molecular weight is 312 g/mol. The lowest BCUT2D eigenvalue weighted by Gasteiger charge is -2.13. The largest absolute Gasteiger partial charge is 0.493 e. The molecule has 21 heavy (non-hydrogen) atoms. The van der Waals surface area contributed by atoms with E-state index in [1.807, 2.05) is 0 Å². The van der Waals surface area contributed by atoms with Gasteiger partial charge in [0.1, 0.15) is 11.0 Å². The van der Waals surface area contributed by atoms with Gasteiger partial charge in [0.2, 0.25) is 5.91 Å². The van der Waals surface area contributed by atoms with Crippen molar-refractivity contribution in [3.63, 3.8) is 0 Å². The zero-order valence-corrected chi connectivity index (χ0v) is 12.7. The lowest BCUT2D eigenvalue weighted by molar-refractivity contribution is -0.115. The number of hydrogen-bond donors (Lipinski definition) is 1. The Kier molecular flexibility index (Phi) is 5.55. The van der Waals surface area contributed by atoms with Gasteiger partial charge in [0.15, 0.2) is 21.3 Å². The fourth-order valence-corrected chi connectivity index (χ4v) is 2.35. The van der Waals surface area contributed by atoms with Crippen molar-refractivity contribution >= 4 is 21.4 Å². The van der Waals surface area contributed by atoms with Crippen LogP contribution in [0.2, 0.25) is 0 Å². The molecule has 1 unspecified atom stereocenters. The Labute approximate surface area is 123 Å². The van der Waals surface area contributed by atoms with Gasteiger partial charge in [-0.2, -0.15) is 5.26 Å². The Morgan fingerprint density at radius 3 is 2.48 bits per heavy atom. The first kappa shape index (κ1) is 16.8. The summed E-state index contributed by atoms with van der Waals surface area (Å²) in [6.07, 6.45) is 0. The monoisotopic (exact) mass is 312 g/mol. The van der Waals surface area contributed by atoms with Crippen LogP contribution in [0.3, 0.4) is 0 Å². The molecule has 1 amide bonds. The van der Waals surface area contributed by atoms with Crippen LogP contribution in [0.1, 0.15) is 6.92 Å². The minimum atomic E-state index is -3.79. The van der Waals surface area contributed by atoms with Gasteiger partial charge in [-0.1, -0.05) is 0 Å². The number of carbonyl (C=O) groups is 1. The molecule has 0 aliphatic rings. The number of amides is 1. The van der Waals surface area contributed by atoms with Gasteiger partial charge in [0.25, 0.3) is 0 Å². The molecule has 0 aliphatic heterocycles. The lowest BCUT2D eigenvalue weighted by Crippen LogP contribution is -2.33. The number of hydrogen-bond acceptors (Lipinski definition) is 6. The van der Waals surface area contributed by atoms with Crippen LogP contribution in [-0.4, -0.2) is 39.5 Å². The number of ether oxygens (including phenoxy) is 2. The third kappa shape index (κ3) is 4.10. The number of rotatable bonds is 6. The van der Waals surface area contributed by atoms with E-state index in [2.05, 4.69) is 5.32 Å². The van der Waals surface area contributed by atoms with E-state index in [-0.39, 0.29) is 0 Å². The van der Waals surface area contributed by atoms with Crippen molar-refractivity contribution in [2.45, 2.75) is 12.2 Å². The SMILES string of the molecule is COc1ccc(NC(=O)C(C)S(=O)(=O)CC#N)cc1OC. The molecule has 0 spiro atoms. The smallest absolute Gasteiger partial charge is 0.242 e. The van der Waals surface area contributed by atoms with Crippen molar-refractivity contribution in [1.82, 2.24) is 0 Å². The Morgan fingerprint density at radius 2 is 1.95 bits per heavy atom. The van der Waals surface area contributed by atoms with Crippen LogP contribution >= 0.6 is 0 Å². The zero-order valence-electron chi connectivity index (χ0n) is 11.9. The normalized spacial score (nSPS) is 12.1. The highest BCUT2D eigenvalue weighted by Gasteiger charge is 2.27. The molecule has 114 valence electrons. The molecule has 7 nitrogen and oxygen atoms in total. The van der Waals surface area contributed by atoms with Gasteiger partial charge < -0.3 is 14.8 Å². The van der Waals surface area contributed by atoms with Gasteiger partial charge in [-0.15, -0.1) is 0 Å². The van der Waals surface area contributed by atoms with E-state index in [0.717, 1.165) is 0 Å². The molecule has 8 heteroatoms. The molecule has 0 aromatic heterocycles. The van der Waals surface area contributed by atoms with E-state index in [1.165, 1.54) is 33.3 Å². The highest BCUT2D eigenvalue weighted by atomic mass is 32.2. The summed E-state index contributed by atoms with van der Waals surface area (Å²) >= 11 is 0. The van der Waals surface area contributed by atoms with Crippen molar-refractivity contribution in [3.05, 3.63) is 18.2 Å². The van der Waals surface area contributed by atoms with Gasteiger partial charge >= 0.3 is 0 Å². The number of methoxy groups -OCH3 is 2. The molecule has 1 atom stereocenters. The second-order valence-electron chi connectivity index (χ2n) is 4.17. The Bertz CT molecular complexity index is 664. The molecule has 0 saturated heterocycles. The minimum Gasteiger partial charge on any atom is -0.493 e. The summed E-state index contributed by atoms with van der Waals surface area (Å²) in [6.45, 7) is 1.24. The standard InChI is InChI=1S/C13H16N2O5S/c1-9(21(17,18)7-6-14)13(16)15-10-4-5-11(19-2)12(8-10)20-3/h4-5,8-9H,7H2,1-3H3,(H,15,16). The van der Waals surface area contributed by atoms with Gasteiger partial charge in [-0.25, -0.2) is 8.42 Å². The third-order valence-electron chi connectivity index (χ3n) is 2.82. The van der Waals surface area contributed by atoms with Gasteiger partial charge in [-0.3, -0.25) is 4.79 Å². The van der Waals surface area contributed by atoms with Crippen LogP contribution < -0.4 is 14.8 Å². The van der Waals surface area contributed by atoms with Crippen molar-refractivity contribution in [3.8, 4) is 17.6 Å². The Balaban J connectivity index is 2.92. The number of nitrogens with zero attached hydrogens (tertiary/aromatic N) is 1. The summed E-state index contributed by atoms with van der Waals surface area (Å²) in [6, 6.07) is 6.20. The molecule has 0 heterocycles. The number of nitrogens with one attached hydrogen (secondary N) is 1. The maximum absolute atomic E-state index is 11.9. The summed E-state index contributed by atoms with van der Waals surface area (Å²) < 4.78 is 33.5. The molecule has 1 aromatic carbocycles. The summed E-state index contributed by atoms with van der Waals surface area (Å²) in [5, 5.41) is 9.61. The first-order valence-corrected chi connectivity index (χ1v) is 7.68. The number of anilines is 1. The molecule has 0 aliphatic carbocycles. The second kappa shape index (κ2) is 6.95. The molecule has 1 N–H and O–H groups in total. The molecule has 0 saturated carbocycles. The third-order valence-corrected chi connectivity index (χ3v) is 4.65. The second-order valence-corrected chi connectivity index (χ2v) is 6.49. The molecule has 0 fully saturated rings. The predicted octanol–water partition coefficient (Wildman–Crippen LogP) is 0.969. The van der Waals surface area contributed by atoms with Crippen molar-refractivity contribution in [2.75, 3.05) is 25.3 Å². The maximum Gasteiger partial charge on any atom is 0.242 e. The van der Waals surface area contributed by atoms with Crippen molar-refractivity contribution in [2.24, 2.45) is 0 Å². The predicted molar refractivity (Wildman–Crippen MR) is 77.0 cm³/mol. The fraction of sp³-hybridized carbons (Fsp3) is 0.385. The topological polar surface area (TPSA) is 105 Å². The summed E-state index contributed by atoms with van der Waals surface area (Å²) in [4.78, 5) is 11.9. The van der Waals surface area contributed by atoms with Gasteiger partial charge in [0.05, 0.1) is 20.3 Å². The summed E-state index contributed by atoms with van der Waals surface area (Å²) in [5.41, 5.74) is 0.372. The maximum atomic E-state index is 11.9. The molecule has 0 bridgehead atoms. The quantitative estimate of drug-likeness (QED) is 0.839. The highest BCUT2D eigenvalue weighted by Crippen LogP contribution is 2.29. The number of benzene rings is 1. The van der Waals surface area contributed by atoms with Crippen LogP contribution in [0, 0.1) is 11.3 Å². The Morgan fingerprint density at radius 1 is 1.33 bits per heavy atom. The number of carbonyl (C=O) groups excluding carboxylic acids is 1. The van der Waals surface area contributed by atoms with E-state index in [0.29, 0.717) is 17.2 Å². The molecule has 0 radical (unpaired) electrons. The molecule has 1 rings (SSSR count).